The van der Waals surface area contributed by atoms with E-state index in [4.69, 9.17) is 5.73 Å². The first kappa shape index (κ1) is 14.3. The molecule has 0 heterocycles. The molecule has 1 aliphatic carbocycles. The number of primary amides is 1. The Kier molecular flexibility index (Phi) is 4.22. The van der Waals surface area contributed by atoms with Crippen LogP contribution in [0.2, 0.25) is 0 Å². The van der Waals surface area contributed by atoms with Crippen LogP contribution in [0.3, 0.4) is 0 Å². The lowest BCUT2D eigenvalue weighted by Gasteiger charge is -2.28. The fourth-order valence-electron chi connectivity index (χ4n) is 2.71. The number of amides is 1. The molecule has 0 aliphatic heterocycles. The van der Waals surface area contributed by atoms with Crippen molar-refractivity contribution in [2.45, 2.75) is 38.6 Å². The van der Waals surface area contributed by atoms with Gasteiger partial charge in [-0.1, -0.05) is 12.5 Å². The Balaban J connectivity index is 2.13. The molecule has 108 valence electrons. The van der Waals surface area contributed by atoms with Gasteiger partial charge in [-0.25, -0.2) is 0 Å². The number of nitro groups is 1. The molecule has 1 aromatic rings. The summed E-state index contributed by atoms with van der Waals surface area (Å²) in [6.45, 7) is 1.82. The first-order chi connectivity index (χ1) is 9.47. The van der Waals surface area contributed by atoms with Gasteiger partial charge in [0.25, 0.3) is 5.69 Å². The number of hydrogen-bond acceptors (Lipinski definition) is 4. The second-order valence-electron chi connectivity index (χ2n) is 5.38. The predicted octanol–water partition coefficient (Wildman–Crippen LogP) is 2.36. The van der Waals surface area contributed by atoms with Gasteiger partial charge < -0.3 is 11.1 Å². The highest BCUT2D eigenvalue weighted by molar-refractivity contribution is 5.77. The summed E-state index contributed by atoms with van der Waals surface area (Å²) < 4.78 is 0. The zero-order chi connectivity index (χ0) is 14.7. The second-order valence-corrected chi connectivity index (χ2v) is 5.38. The van der Waals surface area contributed by atoms with Gasteiger partial charge in [-0.15, -0.1) is 0 Å². The summed E-state index contributed by atoms with van der Waals surface area (Å²) >= 11 is 0. The number of rotatable bonds is 4. The molecule has 1 fully saturated rings. The molecule has 0 radical (unpaired) electrons. The topological polar surface area (TPSA) is 98.3 Å². The summed E-state index contributed by atoms with van der Waals surface area (Å²) in [4.78, 5) is 22.0. The second kappa shape index (κ2) is 5.90. The normalized spacial score (nSPS) is 22.2. The summed E-state index contributed by atoms with van der Waals surface area (Å²) in [5.41, 5.74) is 6.78. The minimum absolute atomic E-state index is 0.0580. The third kappa shape index (κ3) is 3.26. The van der Waals surface area contributed by atoms with E-state index in [0.717, 1.165) is 24.8 Å². The molecule has 6 nitrogen and oxygen atoms in total. The summed E-state index contributed by atoms with van der Waals surface area (Å²) in [6, 6.07) is 5.17. The SMILES string of the molecule is Cc1ccc(NC2CCCC(C(N)=O)C2)c([N+](=O)[O-])c1. The number of nitrogens with two attached hydrogens (primary N) is 1. The lowest BCUT2D eigenvalue weighted by Crippen LogP contribution is -2.34. The van der Waals surface area contributed by atoms with E-state index in [0.29, 0.717) is 12.1 Å². The number of nitrogens with one attached hydrogen (secondary N) is 1. The minimum Gasteiger partial charge on any atom is -0.377 e. The van der Waals surface area contributed by atoms with Gasteiger partial charge in [-0.05, 0) is 37.8 Å². The maximum Gasteiger partial charge on any atom is 0.292 e. The van der Waals surface area contributed by atoms with E-state index in [-0.39, 0.29) is 28.5 Å². The predicted molar refractivity (Wildman–Crippen MR) is 76.4 cm³/mol. The molecule has 1 amide bonds. The van der Waals surface area contributed by atoms with Crippen LogP contribution in [-0.4, -0.2) is 16.9 Å². The average molecular weight is 277 g/mol. The molecular formula is C14H19N3O3. The van der Waals surface area contributed by atoms with E-state index < -0.39 is 0 Å². The number of nitrogens with zero attached hydrogens (tertiary/aromatic N) is 1. The Hall–Kier alpha value is -2.11. The number of carbonyl (C=O) groups is 1. The summed E-state index contributed by atoms with van der Waals surface area (Å²) in [5.74, 6) is -0.416. The van der Waals surface area contributed by atoms with Crippen molar-refractivity contribution in [2.24, 2.45) is 11.7 Å². The van der Waals surface area contributed by atoms with Gasteiger partial charge in [0, 0.05) is 18.0 Å². The minimum atomic E-state index is -0.385. The molecule has 3 N–H and O–H groups in total. The Morgan fingerprint density at radius 3 is 2.85 bits per heavy atom. The van der Waals surface area contributed by atoms with E-state index in [9.17, 15) is 14.9 Å². The molecule has 0 saturated heterocycles. The molecule has 6 heteroatoms. The fourth-order valence-corrected chi connectivity index (χ4v) is 2.71. The van der Waals surface area contributed by atoms with Gasteiger partial charge in [0.1, 0.15) is 5.69 Å². The maximum absolute atomic E-state index is 11.3. The van der Waals surface area contributed by atoms with Crippen LogP contribution < -0.4 is 11.1 Å². The van der Waals surface area contributed by atoms with Crippen molar-refractivity contribution >= 4 is 17.3 Å². The van der Waals surface area contributed by atoms with Crippen molar-refractivity contribution in [3.05, 3.63) is 33.9 Å². The van der Waals surface area contributed by atoms with Crippen LogP contribution in [0.15, 0.2) is 18.2 Å². The van der Waals surface area contributed by atoms with E-state index in [1.807, 2.05) is 13.0 Å². The number of carbonyl (C=O) groups excluding carboxylic acids is 1. The fraction of sp³-hybridized carbons (Fsp3) is 0.500. The molecule has 1 saturated carbocycles. The van der Waals surface area contributed by atoms with Crippen LogP contribution in [-0.2, 0) is 4.79 Å². The average Bonchev–Trinajstić information content (AvgIpc) is 2.41. The standard InChI is InChI=1S/C14H19N3O3/c1-9-5-6-12(13(7-9)17(19)20)16-11-4-2-3-10(8-11)14(15)18/h5-7,10-11,16H,2-4,8H2,1H3,(H2,15,18). The summed E-state index contributed by atoms with van der Waals surface area (Å²) in [6.07, 6.45) is 3.25. The quantitative estimate of drug-likeness (QED) is 0.652. The number of benzene rings is 1. The molecule has 0 aromatic heterocycles. The van der Waals surface area contributed by atoms with Crippen LogP contribution >= 0.6 is 0 Å². The third-order valence-corrected chi connectivity index (χ3v) is 3.79. The van der Waals surface area contributed by atoms with Gasteiger partial charge in [0.2, 0.25) is 5.91 Å². The maximum atomic E-state index is 11.3. The Labute approximate surface area is 117 Å². The number of hydrogen-bond donors (Lipinski definition) is 2. The zero-order valence-corrected chi connectivity index (χ0v) is 11.5. The van der Waals surface area contributed by atoms with Gasteiger partial charge in [0.15, 0.2) is 0 Å². The van der Waals surface area contributed by atoms with Gasteiger partial charge >= 0.3 is 0 Å². The summed E-state index contributed by atoms with van der Waals surface area (Å²) in [7, 11) is 0. The van der Waals surface area contributed by atoms with Crippen LogP contribution in [0.4, 0.5) is 11.4 Å². The Bertz CT molecular complexity index is 530. The van der Waals surface area contributed by atoms with Gasteiger partial charge in [-0.3, -0.25) is 14.9 Å². The molecule has 1 aromatic carbocycles. The molecule has 2 atom stereocenters. The van der Waals surface area contributed by atoms with Crippen LogP contribution in [0, 0.1) is 23.0 Å². The van der Waals surface area contributed by atoms with E-state index in [1.165, 1.54) is 0 Å². The zero-order valence-electron chi connectivity index (χ0n) is 11.5. The van der Waals surface area contributed by atoms with Crippen molar-refractivity contribution in [1.82, 2.24) is 0 Å². The number of anilines is 1. The molecule has 2 unspecified atom stereocenters. The van der Waals surface area contributed by atoms with E-state index in [1.54, 1.807) is 12.1 Å². The lowest BCUT2D eigenvalue weighted by molar-refractivity contribution is -0.384. The molecule has 0 bridgehead atoms. The monoisotopic (exact) mass is 277 g/mol. The van der Waals surface area contributed by atoms with Crippen molar-refractivity contribution in [3.8, 4) is 0 Å². The van der Waals surface area contributed by atoms with Crippen molar-refractivity contribution in [3.63, 3.8) is 0 Å². The van der Waals surface area contributed by atoms with Crippen molar-refractivity contribution in [2.75, 3.05) is 5.32 Å². The highest BCUT2D eigenvalue weighted by Gasteiger charge is 2.27. The highest BCUT2D eigenvalue weighted by Crippen LogP contribution is 2.31. The van der Waals surface area contributed by atoms with Gasteiger partial charge in [-0.2, -0.15) is 0 Å². The Morgan fingerprint density at radius 1 is 1.45 bits per heavy atom. The van der Waals surface area contributed by atoms with E-state index >= 15 is 0 Å². The highest BCUT2D eigenvalue weighted by atomic mass is 16.6. The van der Waals surface area contributed by atoms with Crippen LogP contribution in [0.25, 0.3) is 0 Å². The number of nitro benzene ring substituents is 1. The Morgan fingerprint density at radius 2 is 2.20 bits per heavy atom. The molecular weight excluding hydrogens is 258 g/mol. The molecule has 2 rings (SSSR count). The largest absolute Gasteiger partial charge is 0.377 e. The first-order valence-electron chi connectivity index (χ1n) is 6.78. The molecule has 0 spiro atoms. The smallest absolute Gasteiger partial charge is 0.292 e. The summed E-state index contributed by atoms with van der Waals surface area (Å²) in [5, 5.41) is 14.3. The number of aryl methyl sites for hydroxylation is 1. The lowest BCUT2D eigenvalue weighted by atomic mass is 9.85. The van der Waals surface area contributed by atoms with Crippen LogP contribution in [0.5, 0.6) is 0 Å². The third-order valence-electron chi connectivity index (χ3n) is 3.79. The first-order valence-corrected chi connectivity index (χ1v) is 6.78. The molecule has 1 aliphatic rings. The van der Waals surface area contributed by atoms with E-state index in [2.05, 4.69) is 5.32 Å². The van der Waals surface area contributed by atoms with Crippen molar-refractivity contribution in [1.29, 1.82) is 0 Å². The van der Waals surface area contributed by atoms with Crippen LogP contribution in [0.1, 0.15) is 31.2 Å². The molecule has 20 heavy (non-hydrogen) atoms. The van der Waals surface area contributed by atoms with Crippen molar-refractivity contribution < 1.29 is 9.72 Å². The van der Waals surface area contributed by atoms with Gasteiger partial charge in [0.05, 0.1) is 4.92 Å².